The molecule has 1 aliphatic rings. The number of rotatable bonds is 68. The van der Waals surface area contributed by atoms with E-state index in [4.69, 9.17) is 122 Å². The molecule has 0 aliphatic carbocycles. The highest BCUT2D eigenvalue weighted by Gasteiger charge is 2.45. The van der Waals surface area contributed by atoms with E-state index < -0.39 is 191 Å². The molecule has 0 saturated heterocycles. The maximum atomic E-state index is 15.2. The number of phenols is 2. The molecular formula is C86H146N42O16. The predicted molar refractivity (Wildman–Crippen MR) is 536 cm³/mol. The fourth-order valence-corrected chi connectivity index (χ4v) is 14.9. The Labute approximate surface area is 831 Å². The molecule has 0 unspecified atom stereocenters. The second-order valence-corrected chi connectivity index (χ2v) is 33.7. The molecule has 1 aliphatic heterocycles. The summed E-state index contributed by atoms with van der Waals surface area (Å²) in [5.41, 5.74) is 60.1. The Bertz CT molecular complexity index is 4860. The molecule has 10 atom stereocenters. The lowest BCUT2D eigenvalue weighted by Gasteiger charge is -2.37. The first-order valence-electron chi connectivity index (χ1n) is 46.9. The molecule has 58 heteroatoms. The third kappa shape index (κ3) is 46.0. The Balaban J connectivity index is 1.70. The van der Waals surface area contributed by atoms with Crippen LogP contribution < -0.4 is 179 Å². The SMILES string of the molecule is N=C(N)NCCC[C@H](NC(=O)[C@H](CCCNC(=N)N)NC(=O)[C@H](CCCNC(=N)N)NC(=O)[C@H](CCCNC(=N)N)NC(=O)[C@H](CCCNC(=N)N)NC(=O)[C@H](CCCNC(=N)N)NC(=O)[C@H](CCCNC(=N)N)NC(=O)[C@H](CCCNC(=N)N)NC(=O)[C@H](CCCNC(=N)N)NC(=O)[C@H](CCCNC(=N)N)NC(=O)CCCCCNC(=O)c1ccccc1C1(O)c2ccc(O)cc2Oc2cc(O)ccc21)C(N)=O. The second kappa shape index (κ2) is 63.8. The van der Waals surface area contributed by atoms with E-state index in [-0.39, 0.29) is 264 Å². The smallest absolute Gasteiger partial charge is 0.251 e. The number of nitrogens with one attached hydrogen (secondary N) is 31. The number of nitrogens with two attached hydrogens (primary N) is 11. The second-order valence-electron chi connectivity index (χ2n) is 33.7. The number of benzene rings is 3. The lowest BCUT2D eigenvalue weighted by molar-refractivity contribution is -0.136. The molecule has 0 aromatic heterocycles. The van der Waals surface area contributed by atoms with Gasteiger partial charge in [0.25, 0.3) is 5.91 Å². The van der Waals surface area contributed by atoms with E-state index in [1.165, 1.54) is 42.5 Å². The van der Waals surface area contributed by atoms with Crippen molar-refractivity contribution in [1.29, 1.82) is 54.1 Å². The third-order valence-corrected chi connectivity index (χ3v) is 22.1. The molecule has 144 heavy (non-hydrogen) atoms. The molecule has 56 N–H and O–H groups in total. The van der Waals surface area contributed by atoms with Crippen molar-refractivity contribution >= 4 is 130 Å². The summed E-state index contributed by atoms with van der Waals surface area (Å²) >= 11 is 0. The van der Waals surface area contributed by atoms with Crippen molar-refractivity contribution in [3.8, 4) is 23.0 Å². The highest BCUT2D eigenvalue weighted by molar-refractivity contribution is 6.00. The zero-order valence-corrected chi connectivity index (χ0v) is 80.3. The summed E-state index contributed by atoms with van der Waals surface area (Å²) in [7, 11) is 0. The predicted octanol–water partition coefficient (Wildman–Crippen LogP) is -9.26. The number of amides is 12. The van der Waals surface area contributed by atoms with E-state index in [0.29, 0.717) is 12.8 Å². The van der Waals surface area contributed by atoms with Crippen molar-refractivity contribution < 1.29 is 77.6 Å². The number of hydrogen-bond acceptors (Lipinski definition) is 26. The summed E-state index contributed by atoms with van der Waals surface area (Å²) in [5.74, 6) is -15.7. The average molecular weight is 2020 g/mol. The molecule has 1 heterocycles. The van der Waals surface area contributed by atoms with Crippen LogP contribution >= 0.6 is 0 Å². The van der Waals surface area contributed by atoms with E-state index in [9.17, 15) is 48.9 Å². The average Bonchev–Trinajstić information content (AvgIpc) is 0.718. The van der Waals surface area contributed by atoms with E-state index in [1.54, 1.807) is 18.2 Å². The monoisotopic (exact) mass is 2020 g/mol. The molecule has 0 spiro atoms. The zero-order chi connectivity index (χ0) is 107. The van der Waals surface area contributed by atoms with Gasteiger partial charge in [-0.3, -0.25) is 112 Å². The normalized spacial score (nSPS) is 13.4. The maximum absolute atomic E-state index is 15.2. The molecule has 4 rings (SSSR count). The van der Waals surface area contributed by atoms with Crippen molar-refractivity contribution in [3.05, 3.63) is 82.9 Å². The summed E-state index contributed by atoms with van der Waals surface area (Å²) in [4.78, 5) is 175. The van der Waals surface area contributed by atoms with Gasteiger partial charge < -0.3 is 195 Å². The van der Waals surface area contributed by atoms with Crippen molar-refractivity contribution in [2.75, 3.05) is 72.0 Å². The van der Waals surface area contributed by atoms with Crippen LogP contribution in [-0.4, -0.2) is 278 Å². The first kappa shape index (κ1) is 120. The molecule has 0 fully saturated rings. The van der Waals surface area contributed by atoms with Gasteiger partial charge in [0, 0.05) is 113 Å². The van der Waals surface area contributed by atoms with Crippen LogP contribution in [0, 0.1) is 54.1 Å². The van der Waals surface area contributed by atoms with Gasteiger partial charge in [-0.2, -0.15) is 0 Å². The first-order valence-corrected chi connectivity index (χ1v) is 46.9. The summed E-state index contributed by atoms with van der Waals surface area (Å²) in [6.45, 7) is -0.139. The number of primary amides is 1. The lowest BCUT2D eigenvalue weighted by Crippen LogP contribution is -2.61. The van der Waals surface area contributed by atoms with Crippen molar-refractivity contribution in [3.63, 3.8) is 0 Å². The molecule has 0 saturated carbocycles. The van der Waals surface area contributed by atoms with E-state index in [1.807, 2.05) is 0 Å². The van der Waals surface area contributed by atoms with E-state index in [2.05, 4.69) is 112 Å². The maximum Gasteiger partial charge on any atom is 0.251 e. The van der Waals surface area contributed by atoms with Crippen LogP contribution in [0.1, 0.15) is 181 Å². The number of fused-ring (bicyclic) bond motifs is 2. The molecule has 12 amide bonds. The number of carbonyl (C=O) groups excluding carboxylic acids is 12. The first-order chi connectivity index (χ1) is 68.3. The van der Waals surface area contributed by atoms with E-state index in [0.717, 1.165) is 0 Å². The van der Waals surface area contributed by atoms with Crippen LogP contribution in [0.2, 0.25) is 0 Å². The number of guanidine groups is 10. The van der Waals surface area contributed by atoms with Crippen molar-refractivity contribution in [1.82, 2.24) is 112 Å². The Hall–Kier alpha value is -16.6. The molecular weight excluding hydrogens is 1880 g/mol. The molecule has 0 radical (unpaired) electrons. The van der Waals surface area contributed by atoms with Crippen LogP contribution in [0.3, 0.4) is 0 Å². The van der Waals surface area contributed by atoms with Crippen LogP contribution in [0.15, 0.2) is 60.7 Å². The number of aromatic hydroxyl groups is 2. The number of phenolic OH excluding ortho intramolecular Hbond substituents is 2. The molecule has 0 bridgehead atoms. The number of hydrogen-bond donors (Lipinski definition) is 45. The number of ether oxygens (including phenoxy) is 1. The number of unbranched alkanes of at least 4 members (excludes halogenated alkanes) is 2. The van der Waals surface area contributed by atoms with Gasteiger partial charge in [-0.25, -0.2) is 0 Å². The fraction of sp³-hybridized carbons (Fsp3) is 0.535. The van der Waals surface area contributed by atoms with Gasteiger partial charge in [0.1, 0.15) is 89.0 Å². The van der Waals surface area contributed by atoms with Gasteiger partial charge in [0.05, 0.1) is 0 Å². The largest absolute Gasteiger partial charge is 0.508 e. The van der Waals surface area contributed by atoms with Gasteiger partial charge in [-0.05, 0) is 172 Å². The quantitative estimate of drug-likeness (QED) is 0.0142. The zero-order valence-electron chi connectivity index (χ0n) is 80.3. The molecule has 58 nitrogen and oxygen atoms in total. The minimum absolute atomic E-state index is 0.0143. The van der Waals surface area contributed by atoms with E-state index >= 15 is 24.0 Å². The minimum atomic E-state index is -2.01. The highest BCUT2D eigenvalue weighted by Crippen LogP contribution is 2.52. The van der Waals surface area contributed by atoms with Gasteiger partial charge in [0.15, 0.2) is 59.6 Å². The summed E-state index contributed by atoms with van der Waals surface area (Å²) in [5, 5.41) is 166. The van der Waals surface area contributed by atoms with Gasteiger partial charge in [0.2, 0.25) is 65.0 Å². The molecule has 3 aromatic rings. The van der Waals surface area contributed by atoms with Crippen LogP contribution in [0.4, 0.5) is 0 Å². The highest BCUT2D eigenvalue weighted by atomic mass is 16.5. The number of carbonyl (C=O) groups is 12. The topological polar surface area (TPSA) is 1050 Å². The van der Waals surface area contributed by atoms with Crippen molar-refractivity contribution in [2.24, 2.45) is 63.1 Å². The number of aliphatic hydroxyl groups is 1. The lowest BCUT2D eigenvalue weighted by atomic mass is 9.76. The Kier molecular flexibility index (Phi) is 53.1. The van der Waals surface area contributed by atoms with Crippen molar-refractivity contribution in [2.45, 2.75) is 220 Å². The third-order valence-electron chi connectivity index (χ3n) is 22.1. The Morgan fingerprint density at radius 1 is 0.264 bits per heavy atom. The standard InChI is InChI=1S/C86H146N42O16/c87-65(132)52(18-6-34-109-76(88)89)120-68(135)54(20-8-36-111-78(92)93)122-70(137)56(22-10-38-113-80(96)97)124-72(139)58(24-12-40-115-82(100)101)126-74(141)60(26-14-42-117-84(104)105)128-75(142)61(27-15-43-118-85(106)107)127-73(140)59(25-13-41-116-83(102)103)125-71(138)57(23-11-39-114-81(98)99)123-69(136)55(21-9-37-112-79(94)95)121-67(134)53(19-7-35-110-77(90)91)119-64(131)28-2-1-5-33-108-66(133)48-16-3-4-17-49(48)86(143)50-31-29-46(129)44-62(50)144-63-45-47(130)30-32-51(63)86/h3-4,16-17,29-32,44-45,52-61,129-130,143H,1-2,5-15,18-28,33-43H2,(H2,87,132)(H,108,133)(H,119,131)(H,120,135)(H,121,134)(H,122,137)(H,123,136)(H,124,139)(H,125,138)(H,126,141)(H,127,140)(H,128,142)(H4,88,89,109)(H4,90,91,110)(H4,92,93,111)(H4,94,95,112)(H4,96,97,113)(H4,98,99,114)(H4,100,101,115)(H4,102,103,116)(H4,104,105,117)(H4,106,107,118)/t52-,53-,54-,55-,56-,57-,58-,59-,60-,61-/m0/s1. The van der Waals surface area contributed by atoms with Gasteiger partial charge in [-0.1, -0.05) is 24.6 Å². The van der Waals surface area contributed by atoms with Crippen LogP contribution in [0.5, 0.6) is 23.0 Å². The Morgan fingerprint density at radius 2 is 0.479 bits per heavy atom. The molecule has 3 aromatic carbocycles. The Morgan fingerprint density at radius 3 is 0.715 bits per heavy atom. The minimum Gasteiger partial charge on any atom is -0.508 e. The molecule has 796 valence electrons. The van der Waals surface area contributed by atoms with Crippen LogP contribution in [-0.2, 0) is 58.3 Å². The summed E-state index contributed by atoms with van der Waals surface area (Å²) in [6, 6.07) is -0.983. The van der Waals surface area contributed by atoms with Crippen LogP contribution in [0.25, 0.3) is 0 Å². The summed E-state index contributed by atoms with van der Waals surface area (Å²) < 4.78 is 5.98. The summed E-state index contributed by atoms with van der Waals surface area (Å²) in [6.07, 6.45) is -1.19. The van der Waals surface area contributed by atoms with Gasteiger partial charge in [-0.15, -0.1) is 0 Å². The fourth-order valence-electron chi connectivity index (χ4n) is 14.9. The van der Waals surface area contributed by atoms with Gasteiger partial charge >= 0.3 is 0 Å².